The van der Waals surface area contributed by atoms with Crippen molar-refractivity contribution < 1.29 is 4.74 Å². The number of piperidine rings is 1. The van der Waals surface area contributed by atoms with Gasteiger partial charge in [0, 0.05) is 13.7 Å². The molecule has 1 unspecified atom stereocenters. The zero-order chi connectivity index (χ0) is 13.1. The Morgan fingerprint density at radius 1 is 1.22 bits per heavy atom. The van der Waals surface area contributed by atoms with Gasteiger partial charge >= 0.3 is 0 Å². The van der Waals surface area contributed by atoms with Crippen molar-refractivity contribution in [2.45, 2.75) is 45.4 Å². The lowest BCUT2D eigenvalue weighted by Crippen LogP contribution is -2.37. The van der Waals surface area contributed by atoms with Gasteiger partial charge in [0.2, 0.25) is 0 Å². The molecule has 1 aliphatic heterocycles. The maximum atomic E-state index is 5.28. The van der Waals surface area contributed by atoms with E-state index in [-0.39, 0.29) is 0 Å². The van der Waals surface area contributed by atoms with Gasteiger partial charge in [0.05, 0.1) is 6.61 Å². The zero-order valence-electron chi connectivity index (χ0n) is 12.4. The minimum absolute atomic E-state index is 0.775. The molecule has 0 spiro atoms. The molecule has 0 radical (unpaired) electrons. The Hall–Kier alpha value is -0.120. The van der Waals surface area contributed by atoms with Gasteiger partial charge in [-0.3, -0.25) is 0 Å². The van der Waals surface area contributed by atoms with Crippen molar-refractivity contribution in [3.05, 3.63) is 0 Å². The first-order chi connectivity index (χ1) is 8.86. The van der Waals surface area contributed by atoms with Gasteiger partial charge in [0.1, 0.15) is 0 Å². The van der Waals surface area contributed by atoms with Crippen LogP contribution in [0, 0.1) is 5.92 Å². The fourth-order valence-corrected chi connectivity index (χ4v) is 2.84. The van der Waals surface area contributed by atoms with E-state index in [2.05, 4.69) is 17.1 Å². The lowest BCUT2D eigenvalue weighted by molar-refractivity contribution is 0.0898. The third-order valence-corrected chi connectivity index (χ3v) is 3.83. The molecule has 0 aromatic rings. The number of hydrogen-bond donors (Lipinski definition) is 1. The Balaban J connectivity index is 1.94. The van der Waals surface area contributed by atoms with Crippen LogP contribution >= 0.6 is 0 Å². The molecule has 108 valence electrons. The molecule has 1 fully saturated rings. The van der Waals surface area contributed by atoms with Crippen LogP contribution in [0.5, 0.6) is 0 Å². The van der Waals surface area contributed by atoms with Gasteiger partial charge in [-0.05, 0) is 57.8 Å². The molecule has 1 aliphatic rings. The summed E-state index contributed by atoms with van der Waals surface area (Å²) in [5, 5.41) is 3.38. The van der Waals surface area contributed by atoms with Crippen LogP contribution in [0.4, 0.5) is 0 Å². The highest BCUT2D eigenvalue weighted by molar-refractivity contribution is 4.72. The molecule has 1 heterocycles. The molecule has 0 aliphatic carbocycles. The maximum Gasteiger partial charge on any atom is 0.0502 e. The molecule has 1 N–H and O–H groups in total. The molecule has 18 heavy (non-hydrogen) atoms. The van der Waals surface area contributed by atoms with Crippen molar-refractivity contribution in [1.29, 1.82) is 0 Å². The quantitative estimate of drug-likeness (QED) is 0.608. The third-order valence-electron chi connectivity index (χ3n) is 3.83. The number of nitrogens with one attached hydrogen (secondary N) is 1. The van der Waals surface area contributed by atoms with Crippen LogP contribution in [0.3, 0.4) is 0 Å². The van der Waals surface area contributed by atoms with Gasteiger partial charge in [-0.2, -0.15) is 0 Å². The monoisotopic (exact) mass is 256 g/mol. The average molecular weight is 256 g/mol. The topological polar surface area (TPSA) is 24.5 Å². The number of nitrogens with zero attached hydrogens (tertiary/aromatic N) is 1. The Bertz CT molecular complexity index is 185. The minimum Gasteiger partial charge on any atom is -0.384 e. The lowest BCUT2D eigenvalue weighted by atomic mass is 9.98. The summed E-state index contributed by atoms with van der Waals surface area (Å²) in [6.45, 7) is 9.26. The molecule has 1 saturated heterocycles. The molecular weight excluding hydrogens is 224 g/mol. The number of methoxy groups -OCH3 is 1. The second-order valence-electron chi connectivity index (χ2n) is 5.53. The van der Waals surface area contributed by atoms with E-state index in [9.17, 15) is 0 Å². The Morgan fingerprint density at radius 2 is 2.06 bits per heavy atom. The standard InChI is InChI=1S/C15H32N2O/c1-3-16-10-6-4-5-7-11-17-12-8-9-15(13-17)14-18-2/h15-16H,3-14H2,1-2H3. The van der Waals surface area contributed by atoms with Crippen LogP contribution < -0.4 is 5.32 Å². The van der Waals surface area contributed by atoms with E-state index in [1.54, 1.807) is 0 Å². The summed E-state index contributed by atoms with van der Waals surface area (Å²) in [5.41, 5.74) is 0. The molecule has 0 bridgehead atoms. The van der Waals surface area contributed by atoms with Crippen LogP contribution in [-0.2, 0) is 4.74 Å². The number of unbranched alkanes of at least 4 members (excludes halogenated alkanes) is 3. The smallest absolute Gasteiger partial charge is 0.0502 e. The van der Waals surface area contributed by atoms with E-state index in [1.165, 1.54) is 64.7 Å². The second-order valence-corrected chi connectivity index (χ2v) is 5.53. The summed E-state index contributed by atoms with van der Waals surface area (Å²) in [4.78, 5) is 2.64. The molecule has 0 amide bonds. The minimum atomic E-state index is 0.775. The summed E-state index contributed by atoms with van der Waals surface area (Å²) in [6.07, 6.45) is 8.17. The highest BCUT2D eigenvalue weighted by Crippen LogP contribution is 2.17. The van der Waals surface area contributed by atoms with Crippen LogP contribution in [0.25, 0.3) is 0 Å². The first-order valence-corrected chi connectivity index (χ1v) is 7.78. The van der Waals surface area contributed by atoms with Crippen molar-refractivity contribution in [2.24, 2.45) is 5.92 Å². The molecule has 3 heteroatoms. The number of hydrogen-bond acceptors (Lipinski definition) is 3. The number of rotatable bonds is 10. The molecule has 1 atom stereocenters. The van der Waals surface area contributed by atoms with Crippen LogP contribution in [0.1, 0.15) is 45.4 Å². The van der Waals surface area contributed by atoms with E-state index < -0.39 is 0 Å². The van der Waals surface area contributed by atoms with Crippen molar-refractivity contribution in [3.63, 3.8) is 0 Å². The highest BCUT2D eigenvalue weighted by atomic mass is 16.5. The second kappa shape index (κ2) is 10.8. The van der Waals surface area contributed by atoms with Crippen LogP contribution in [0.15, 0.2) is 0 Å². The molecule has 1 rings (SSSR count). The van der Waals surface area contributed by atoms with E-state index in [0.717, 1.165) is 19.1 Å². The van der Waals surface area contributed by atoms with Crippen molar-refractivity contribution in [3.8, 4) is 0 Å². The normalized spacial score (nSPS) is 21.3. The highest BCUT2D eigenvalue weighted by Gasteiger charge is 2.18. The summed E-state index contributed by atoms with van der Waals surface area (Å²) in [7, 11) is 1.82. The van der Waals surface area contributed by atoms with E-state index in [0.29, 0.717) is 0 Å². The molecule has 3 nitrogen and oxygen atoms in total. The summed E-state index contributed by atoms with van der Waals surface area (Å²) >= 11 is 0. The lowest BCUT2D eigenvalue weighted by Gasteiger charge is -2.32. The summed E-state index contributed by atoms with van der Waals surface area (Å²) in [6, 6.07) is 0. The van der Waals surface area contributed by atoms with Crippen LogP contribution in [0.2, 0.25) is 0 Å². The van der Waals surface area contributed by atoms with Gasteiger partial charge in [0.15, 0.2) is 0 Å². The zero-order valence-corrected chi connectivity index (χ0v) is 12.4. The van der Waals surface area contributed by atoms with E-state index in [1.807, 2.05) is 7.11 Å². The largest absolute Gasteiger partial charge is 0.384 e. The van der Waals surface area contributed by atoms with E-state index in [4.69, 9.17) is 4.74 Å². The van der Waals surface area contributed by atoms with Crippen molar-refractivity contribution >= 4 is 0 Å². The number of ether oxygens (including phenoxy) is 1. The fourth-order valence-electron chi connectivity index (χ4n) is 2.84. The van der Waals surface area contributed by atoms with Gasteiger partial charge in [-0.25, -0.2) is 0 Å². The summed E-state index contributed by atoms with van der Waals surface area (Å²) in [5.74, 6) is 0.775. The Morgan fingerprint density at radius 3 is 2.83 bits per heavy atom. The van der Waals surface area contributed by atoms with Crippen molar-refractivity contribution in [1.82, 2.24) is 10.2 Å². The summed E-state index contributed by atoms with van der Waals surface area (Å²) < 4.78 is 5.28. The van der Waals surface area contributed by atoms with E-state index >= 15 is 0 Å². The molecule has 0 aromatic carbocycles. The van der Waals surface area contributed by atoms with Gasteiger partial charge in [-0.15, -0.1) is 0 Å². The first kappa shape index (κ1) is 15.9. The van der Waals surface area contributed by atoms with Gasteiger partial charge in [-0.1, -0.05) is 19.8 Å². The maximum absolute atomic E-state index is 5.28. The molecule has 0 aromatic heterocycles. The number of likely N-dealkylation sites (tertiary alicyclic amines) is 1. The Kier molecular flexibility index (Phi) is 9.54. The predicted molar refractivity (Wildman–Crippen MR) is 78.1 cm³/mol. The predicted octanol–water partition coefficient (Wildman–Crippen LogP) is 2.51. The first-order valence-electron chi connectivity index (χ1n) is 7.78. The van der Waals surface area contributed by atoms with Crippen molar-refractivity contribution in [2.75, 3.05) is 46.4 Å². The molecule has 0 saturated carbocycles. The Labute approximate surface area is 113 Å². The fraction of sp³-hybridized carbons (Fsp3) is 1.00. The average Bonchev–Trinajstić information content (AvgIpc) is 2.39. The SMILES string of the molecule is CCNCCCCCCN1CCCC(COC)C1. The van der Waals surface area contributed by atoms with Gasteiger partial charge in [0.25, 0.3) is 0 Å². The third kappa shape index (κ3) is 7.34. The van der Waals surface area contributed by atoms with Gasteiger partial charge < -0.3 is 15.0 Å². The van der Waals surface area contributed by atoms with Crippen LogP contribution in [-0.4, -0.2) is 51.3 Å². The molecular formula is C15H32N2O.